The number of hydrogen-bond acceptors (Lipinski definition) is 5. The minimum Gasteiger partial charge on any atom is -0.338 e. The van der Waals surface area contributed by atoms with Crippen molar-refractivity contribution in [2.24, 2.45) is 0 Å². The van der Waals surface area contributed by atoms with E-state index < -0.39 is 17.6 Å². The number of rotatable bonds is 3. The summed E-state index contributed by atoms with van der Waals surface area (Å²) in [7, 11) is 2.05. The van der Waals surface area contributed by atoms with Crippen LogP contribution in [0.4, 0.5) is 24.8 Å². The molecule has 1 aliphatic heterocycles. The zero-order valence-corrected chi connectivity index (χ0v) is 15.0. The Morgan fingerprint density at radius 3 is 2.52 bits per heavy atom. The number of amides is 1. The van der Waals surface area contributed by atoms with Gasteiger partial charge in [0.2, 0.25) is 5.95 Å². The third-order valence-electron chi connectivity index (χ3n) is 4.45. The van der Waals surface area contributed by atoms with E-state index in [2.05, 4.69) is 20.2 Å². The third-order valence-corrected chi connectivity index (χ3v) is 4.45. The lowest BCUT2D eigenvalue weighted by atomic mass is 10.1. The lowest BCUT2D eigenvalue weighted by molar-refractivity contribution is -0.137. The van der Waals surface area contributed by atoms with Crippen LogP contribution in [0.5, 0.6) is 0 Å². The Balaban J connectivity index is 1.74. The summed E-state index contributed by atoms with van der Waals surface area (Å²) < 4.78 is 38.4. The molecule has 1 amide bonds. The molecular weight excluding hydrogens is 359 g/mol. The van der Waals surface area contributed by atoms with Crippen LogP contribution in [-0.4, -0.2) is 54.0 Å². The van der Waals surface area contributed by atoms with Crippen molar-refractivity contribution in [3.63, 3.8) is 0 Å². The van der Waals surface area contributed by atoms with Gasteiger partial charge in [0.25, 0.3) is 5.91 Å². The van der Waals surface area contributed by atoms with E-state index in [1.807, 2.05) is 11.9 Å². The van der Waals surface area contributed by atoms with Gasteiger partial charge >= 0.3 is 6.18 Å². The van der Waals surface area contributed by atoms with Crippen molar-refractivity contribution in [2.75, 3.05) is 43.4 Å². The molecule has 0 spiro atoms. The van der Waals surface area contributed by atoms with Gasteiger partial charge in [-0.1, -0.05) is 6.07 Å². The Labute approximate surface area is 155 Å². The topological polar surface area (TPSA) is 61.4 Å². The van der Waals surface area contributed by atoms with Crippen molar-refractivity contribution >= 4 is 17.5 Å². The molecule has 3 rings (SSSR count). The van der Waals surface area contributed by atoms with Crippen LogP contribution < -0.4 is 10.2 Å². The predicted molar refractivity (Wildman–Crippen MR) is 95.9 cm³/mol. The fourth-order valence-electron chi connectivity index (χ4n) is 2.81. The Bertz CT molecular complexity index is 832. The van der Waals surface area contributed by atoms with E-state index in [1.54, 1.807) is 6.92 Å². The summed E-state index contributed by atoms with van der Waals surface area (Å²) in [5.74, 6) is 0.00738. The van der Waals surface area contributed by atoms with E-state index in [0.29, 0.717) is 11.6 Å². The molecule has 27 heavy (non-hydrogen) atoms. The Morgan fingerprint density at radius 2 is 1.89 bits per heavy atom. The van der Waals surface area contributed by atoms with Gasteiger partial charge in [0.15, 0.2) is 0 Å². The lowest BCUT2D eigenvalue weighted by Gasteiger charge is -2.32. The number of halogens is 3. The van der Waals surface area contributed by atoms with Gasteiger partial charge in [-0.15, -0.1) is 0 Å². The number of likely N-dealkylation sites (N-methyl/N-ethyl adjacent to an activating group) is 1. The zero-order valence-electron chi connectivity index (χ0n) is 15.0. The van der Waals surface area contributed by atoms with Crippen LogP contribution in [-0.2, 0) is 6.18 Å². The standard InChI is InChI=1S/C18H20F3N5O/c1-12-15(11-22-17(23-12)26-8-6-25(2)7-9-26)16(27)24-14-5-3-4-13(10-14)18(19,20)21/h3-5,10-11H,6-9H2,1-2H3,(H,24,27). The average molecular weight is 379 g/mol. The summed E-state index contributed by atoms with van der Waals surface area (Å²) >= 11 is 0. The van der Waals surface area contributed by atoms with Crippen LogP contribution >= 0.6 is 0 Å². The quantitative estimate of drug-likeness (QED) is 0.889. The van der Waals surface area contributed by atoms with Gasteiger partial charge in [-0.05, 0) is 32.2 Å². The molecule has 0 radical (unpaired) electrons. The molecular formula is C18H20F3N5O. The van der Waals surface area contributed by atoms with Crippen LogP contribution in [0.1, 0.15) is 21.6 Å². The highest BCUT2D eigenvalue weighted by molar-refractivity contribution is 6.04. The highest BCUT2D eigenvalue weighted by Crippen LogP contribution is 2.30. The molecule has 1 N–H and O–H groups in total. The molecule has 9 heteroatoms. The highest BCUT2D eigenvalue weighted by Gasteiger charge is 2.30. The number of carbonyl (C=O) groups is 1. The Hall–Kier alpha value is -2.68. The van der Waals surface area contributed by atoms with Crippen molar-refractivity contribution in [3.05, 3.63) is 47.3 Å². The predicted octanol–water partition coefficient (Wildman–Crippen LogP) is 2.81. The van der Waals surface area contributed by atoms with E-state index in [0.717, 1.165) is 38.3 Å². The molecule has 2 heterocycles. The second-order valence-corrected chi connectivity index (χ2v) is 6.49. The molecule has 144 valence electrons. The smallest absolute Gasteiger partial charge is 0.338 e. The number of aryl methyl sites for hydroxylation is 1. The van der Waals surface area contributed by atoms with Gasteiger partial charge < -0.3 is 15.1 Å². The van der Waals surface area contributed by atoms with E-state index in [4.69, 9.17) is 0 Å². The van der Waals surface area contributed by atoms with Gasteiger partial charge in [-0.2, -0.15) is 13.2 Å². The van der Waals surface area contributed by atoms with Gasteiger partial charge in [0, 0.05) is 38.1 Å². The number of nitrogens with one attached hydrogen (secondary N) is 1. The first-order valence-electron chi connectivity index (χ1n) is 8.50. The first kappa shape index (κ1) is 19.1. The normalized spacial score (nSPS) is 15.7. The number of benzene rings is 1. The van der Waals surface area contributed by atoms with Crippen LogP contribution in [0.2, 0.25) is 0 Å². The minimum absolute atomic E-state index is 0.0670. The van der Waals surface area contributed by atoms with Crippen LogP contribution in [0, 0.1) is 6.92 Å². The molecule has 0 atom stereocenters. The second kappa shape index (κ2) is 7.51. The molecule has 0 unspecified atom stereocenters. The number of piperazine rings is 1. The van der Waals surface area contributed by atoms with Gasteiger partial charge in [0.05, 0.1) is 16.8 Å². The number of carbonyl (C=O) groups excluding carboxylic acids is 1. The first-order chi connectivity index (χ1) is 12.7. The van der Waals surface area contributed by atoms with Crippen LogP contribution in [0.25, 0.3) is 0 Å². The fraction of sp³-hybridized carbons (Fsp3) is 0.389. The molecule has 2 aromatic rings. The summed E-state index contributed by atoms with van der Waals surface area (Å²) in [4.78, 5) is 25.3. The number of nitrogens with zero attached hydrogens (tertiary/aromatic N) is 4. The summed E-state index contributed by atoms with van der Waals surface area (Å²) in [5, 5.41) is 2.48. The van der Waals surface area contributed by atoms with E-state index in [9.17, 15) is 18.0 Å². The third kappa shape index (κ3) is 4.54. The molecule has 1 saturated heterocycles. The molecule has 1 aliphatic rings. The van der Waals surface area contributed by atoms with Crippen LogP contribution in [0.15, 0.2) is 30.5 Å². The van der Waals surface area contributed by atoms with E-state index in [-0.39, 0.29) is 11.3 Å². The van der Waals surface area contributed by atoms with Crippen molar-refractivity contribution in [1.82, 2.24) is 14.9 Å². The van der Waals surface area contributed by atoms with Crippen LogP contribution in [0.3, 0.4) is 0 Å². The lowest BCUT2D eigenvalue weighted by Crippen LogP contribution is -2.45. The van der Waals surface area contributed by atoms with Crippen molar-refractivity contribution in [2.45, 2.75) is 13.1 Å². The summed E-state index contributed by atoms with van der Waals surface area (Å²) in [6.07, 6.45) is -3.05. The van der Waals surface area contributed by atoms with E-state index in [1.165, 1.54) is 18.3 Å². The number of alkyl halides is 3. The summed E-state index contributed by atoms with van der Waals surface area (Å²) in [6, 6.07) is 4.50. The largest absolute Gasteiger partial charge is 0.416 e. The van der Waals surface area contributed by atoms with Crippen molar-refractivity contribution in [1.29, 1.82) is 0 Å². The average Bonchev–Trinajstić information content (AvgIpc) is 2.61. The first-order valence-corrected chi connectivity index (χ1v) is 8.50. The van der Waals surface area contributed by atoms with Crippen molar-refractivity contribution < 1.29 is 18.0 Å². The minimum atomic E-state index is -4.47. The number of hydrogen-bond donors (Lipinski definition) is 1. The molecule has 0 saturated carbocycles. The monoisotopic (exact) mass is 379 g/mol. The molecule has 1 aromatic carbocycles. The molecule has 1 aromatic heterocycles. The van der Waals surface area contributed by atoms with Gasteiger partial charge in [-0.3, -0.25) is 4.79 Å². The summed E-state index contributed by atoms with van der Waals surface area (Å²) in [6.45, 7) is 5.08. The molecule has 6 nitrogen and oxygen atoms in total. The SMILES string of the molecule is Cc1nc(N2CCN(C)CC2)ncc1C(=O)Nc1cccc(C(F)(F)F)c1. The molecule has 1 fully saturated rings. The summed E-state index contributed by atoms with van der Waals surface area (Å²) in [5.41, 5.74) is -0.0512. The maximum absolute atomic E-state index is 12.8. The Morgan fingerprint density at radius 1 is 1.19 bits per heavy atom. The zero-order chi connectivity index (χ0) is 19.6. The highest BCUT2D eigenvalue weighted by atomic mass is 19.4. The Kier molecular flexibility index (Phi) is 5.31. The number of aromatic nitrogens is 2. The fourth-order valence-corrected chi connectivity index (χ4v) is 2.81. The second-order valence-electron chi connectivity index (χ2n) is 6.49. The molecule has 0 bridgehead atoms. The van der Waals surface area contributed by atoms with Gasteiger partial charge in [-0.25, -0.2) is 9.97 Å². The maximum atomic E-state index is 12.8. The van der Waals surface area contributed by atoms with E-state index >= 15 is 0 Å². The molecule has 0 aliphatic carbocycles. The van der Waals surface area contributed by atoms with Gasteiger partial charge in [0.1, 0.15) is 0 Å². The maximum Gasteiger partial charge on any atom is 0.416 e. The van der Waals surface area contributed by atoms with Crippen molar-refractivity contribution in [3.8, 4) is 0 Å². The number of anilines is 2.